The zero-order valence-corrected chi connectivity index (χ0v) is 15.5. The normalized spacial score (nSPS) is 14.4. The minimum atomic E-state index is 0.513. The number of rotatable bonds is 6. The number of benzene rings is 1. The molecule has 1 fully saturated rings. The van der Waals surface area contributed by atoms with Crippen LogP contribution in [0.1, 0.15) is 55.9 Å². The third-order valence-electron chi connectivity index (χ3n) is 4.38. The molecular formula is C18H21N5OS. The lowest BCUT2D eigenvalue weighted by atomic mass is 10.0. The van der Waals surface area contributed by atoms with Gasteiger partial charge in [0.2, 0.25) is 11.7 Å². The summed E-state index contributed by atoms with van der Waals surface area (Å²) in [7, 11) is 0. The van der Waals surface area contributed by atoms with Gasteiger partial charge in [-0.05, 0) is 31.2 Å². The Bertz CT molecular complexity index is 864. The Morgan fingerprint density at radius 2 is 1.96 bits per heavy atom. The number of hydrogen-bond donors (Lipinski definition) is 0. The van der Waals surface area contributed by atoms with Gasteiger partial charge in [-0.3, -0.25) is 0 Å². The lowest BCUT2D eigenvalue weighted by Gasteiger charge is -2.04. The van der Waals surface area contributed by atoms with Gasteiger partial charge >= 0.3 is 0 Å². The van der Waals surface area contributed by atoms with Gasteiger partial charge in [0.25, 0.3) is 0 Å². The molecule has 0 N–H and O–H groups in total. The van der Waals surface area contributed by atoms with E-state index >= 15 is 0 Å². The smallest absolute Gasteiger partial charge is 0.237 e. The van der Waals surface area contributed by atoms with Gasteiger partial charge in [0.15, 0.2) is 5.16 Å². The summed E-state index contributed by atoms with van der Waals surface area (Å²) in [5, 5.41) is 13.5. The summed E-state index contributed by atoms with van der Waals surface area (Å²) < 4.78 is 7.62. The number of thioether (sulfide) groups is 1. The first-order valence-electron chi connectivity index (χ1n) is 8.59. The van der Waals surface area contributed by atoms with Crippen molar-refractivity contribution in [3.05, 3.63) is 41.5 Å². The van der Waals surface area contributed by atoms with Crippen molar-refractivity contribution < 1.29 is 4.52 Å². The lowest BCUT2D eigenvalue weighted by molar-refractivity contribution is 0.391. The van der Waals surface area contributed by atoms with Crippen LogP contribution in [0, 0.1) is 6.92 Å². The number of aryl methyl sites for hydroxylation is 1. The van der Waals surface area contributed by atoms with Gasteiger partial charge in [0.1, 0.15) is 5.82 Å². The van der Waals surface area contributed by atoms with Crippen LogP contribution in [0.15, 0.2) is 33.9 Å². The van der Waals surface area contributed by atoms with Gasteiger partial charge in [0, 0.05) is 11.6 Å². The van der Waals surface area contributed by atoms with Crippen LogP contribution in [0.3, 0.4) is 0 Å². The first-order chi connectivity index (χ1) is 12.1. The van der Waals surface area contributed by atoms with E-state index in [1.165, 1.54) is 18.4 Å². The molecule has 0 bridgehead atoms. The van der Waals surface area contributed by atoms with Crippen molar-refractivity contribution in [1.29, 1.82) is 0 Å². The predicted octanol–water partition coefficient (Wildman–Crippen LogP) is 4.39. The summed E-state index contributed by atoms with van der Waals surface area (Å²) in [6.45, 7) is 6.36. The second-order valence-corrected chi connectivity index (χ2v) is 7.65. The topological polar surface area (TPSA) is 69.6 Å². The van der Waals surface area contributed by atoms with Crippen LogP contribution in [-0.4, -0.2) is 24.9 Å². The van der Waals surface area contributed by atoms with E-state index in [0.717, 1.165) is 16.5 Å². The molecular weight excluding hydrogens is 334 g/mol. The molecule has 0 aliphatic heterocycles. The summed E-state index contributed by atoms with van der Waals surface area (Å²) >= 11 is 1.60. The maximum atomic E-state index is 5.40. The van der Waals surface area contributed by atoms with Gasteiger partial charge < -0.3 is 9.09 Å². The summed E-state index contributed by atoms with van der Waals surface area (Å²) in [5.41, 5.74) is 2.28. The summed E-state index contributed by atoms with van der Waals surface area (Å²) in [4.78, 5) is 4.51. The lowest BCUT2D eigenvalue weighted by Crippen LogP contribution is -1.99. The molecule has 3 aromatic rings. The fourth-order valence-electron chi connectivity index (χ4n) is 2.78. The van der Waals surface area contributed by atoms with Crippen LogP contribution in [0.2, 0.25) is 0 Å². The third-order valence-corrected chi connectivity index (χ3v) is 5.30. The van der Waals surface area contributed by atoms with Crippen molar-refractivity contribution in [3.63, 3.8) is 0 Å². The summed E-state index contributed by atoms with van der Waals surface area (Å²) in [6.07, 6.45) is 2.42. The minimum Gasteiger partial charge on any atom is -0.338 e. The van der Waals surface area contributed by atoms with Crippen LogP contribution in [-0.2, 0) is 5.75 Å². The average Bonchev–Trinajstić information content (AvgIpc) is 3.21. The van der Waals surface area contributed by atoms with Gasteiger partial charge in [-0.15, -0.1) is 10.2 Å². The van der Waals surface area contributed by atoms with E-state index in [0.29, 0.717) is 29.4 Å². The van der Waals surface area contributed by atoms with Crippen LogP contribution in [0.4, 0.5) is 0 Å². The summed E-state index contributed by atoms with van der Waals surface area (Å²) in [6, 6.07) is 8.89. The number of hydrogen-bond acceptors (Lipinski definition) is 6. The van der Waals surface area contributed by atoms with Crippen molar-refractivity contribution in [2.75, 3.05) is 0 Å². The Kier molecular flexibility index (Phi) is 4.33. The highest BCUT2D eigenvalue weighted by atomic mass is 32.2. The van der Waals surface area contributed by atoms with Crippen molar-refractivity contribution in [3.8, 4) is 11.4 Å². The minimum absolute atomic E-state index is 0.513. The molecule has 0 amide bonds. The maximum Gasteiger partial charge on any atom is 0.237 e. The molecule has 25 heavy (non-hydrogen) atoms. The van der Waals surface area contributed by atoms with E-state index < -0.39 is 0 Å². The fourth-order valence-corrected chi connectivity index (χ4v) is 3.66. The molecule has 0 unspecified atom stereocenters. The standard InChI is InChI=1S/C18H21N5OS/c1-11(2)13-4-6-14(7-5-13)17-19-16(24-22-17)10-25-18-21-20-12(3)23(18)15-8-9-15/h4-7,11,15H,8-10H2,1-3H3. The second kappa shape index (κ2) is 6.63. The van der Waals surface area contributed by atoms with E-state index in [1.54, 1.807) is 11.8 Å². The van der Waals surface area contributed by atoms with E-state index in [4.69, 9.17) is 4.52 Å². The average molecular weight is 355 g/mol. The first-order valence-corrected chi connectivity index (χ1v) is 9.57. The van der Waals surface area contributed by atoms with Gasteiger partial charge in [0.05, 0.1) is 5.75 Å². The SMILES string of the molecule is Cc1nnc(SCc2nc(-c3ccc(C(C)C)cc3)no2)n1C1CC1. The largest absolute Gasteiger partial charge is 0.338 e. The molecule has 0 atom stereocenters. The number of nitrogens with zero attached hydrogens (tertiary/aromatic N) is 5. The Hall–Kier alpha value is -2.15. The molecule has 130 valence electrons. The highest BCUT2D eigenvalue weighted by Gasteiger charge is 2.28. The molecule has 2 aromatic heterocycles. The van der Waals surface area contributed by atoms with Crippen molar-refractivity contribution in [2.24, 2.45) is 0 Å². The molecule has 0 saturated heterocycles. The third kappa shape index (κ3) is 3.46. The van der Waals surface area contributed by atoms with Crippen molar-refractivity contribution >= 4 is 11.8 Å². The number of aromatic nitrogens is 5. The molecule has 0 spiro atoms. The van der Waals surface area contributed by atoms with Gasteiger partial charge in [-0.1, -0.05) is 55.0 Å². The van der Waals surface area contributed by atoms with E-state index in [1.807, 2.05) is 19.1 Å². The Balaban J connectivity index is 1.45. The second-order valence-electron chi connectivity index (χ2n) is 6.71. The quantitative estimate of drug-likeness (QED) is 0.611. The van der Waals surface area contributed by atoms with Crippen LogP contribution in [0.25, 0.3) is 11.4 Å². The predicted molar refractivity (Wildman–Crippen MR) is 96.4 cm³/mol. The van der Waals surface area contributed by atoms with E-state index in [-0.39, 0.29) is 0 Å². The highest BCUT2D eigenvalue weighted by molar-refractivity contribution is 7.98. The molecule has 7 heteroatoms. The van der Waals surface area contributed by atoms with E-state index in [2.05, 4.69) is 50.9 Å². The highest BCUT2D eigenvalue weighted by Crippen LogP contribution is 2.39. The molecule has 1 saturated carbocycles. The van der Waals surface area contributed by atoms with Crippen LogP contribution < -0.4 is 0 Å². The molecule has 6 nitrogen and oxygen atoms in total. The Morgan fingerprint density at radius 3 is 2.64 bits per heavy atom. The van der Waals surface area contributed by atoms with Crippen molar-refractivity contribution in [2.45, 2.75) is 56.5 Å². The van der Waals surface area contributed by atoms with Gasteiger partial charge in [-0.25, -0.2) is 0 Å². The van der Waals surface area contributed by atoms with Crippen LogP contribution >= 0.6 is 11.8 Å². The van der Waals surface area contributed by atoms with Crippen LogP contribution in [0.5, 0.6) is 0 Å². The molecule has 4 rings (SSSR count). The summed E-state index contributed by atoms with van der Waals surface area (Å²) in [5.74, 6) is 3.32. The first kappa shape index (κ1) is 16.3. The maximum absolute atomic E-state index is 5.40. The molecule has 0 radical (unpaired) electrons. The molecule has 1 aliphatic rings. The zero-order valence-electron chi connectivity index (χ0n) is 14.6. The zero-order chi connectivity index (χ0) is 17.4. The Morgan fingerprint density at radius 1 is 1.20 bits per heavy atom. The van der Waals surface area contributed by atoms with Gasteiger partial charge in [-0.2, -0.15) is 4.98 Å². The molecule has 1 aromatic carbocycles. The molecule has 1 aliphatic carbocycles. The van der Waals surface area contributed by atoms with Crippen molar-refractivity contribution in [1.82, 2.24) is 24.9 Å². The monoisotopic (exact) mass is 355 g/mol. The molecule has 2 heterocycles. The fraction of sp³-hybridized carbons (Fsp3) is 0.444. The van der Waals surface area contributed by atoms with E-state index in [9.17, 15) is 0 Å². The Labute approximate surface area is 151 Å².